The molecule has 1 saturated carbocycles. The molecule has 1 aliphatic heterocycles. The molecule has 30 heavy (non-hydrogen) atoms. The molecule has 4 nitrogen and oxygen atoms in total. The van der Waals surface area contributed by atoms with Crippen molar-refractivity contribution in [3.63, 3.8) is 0 Å². The number of pyridine rings is 1. The lowest BCUT2D eigenvalue weighted by molar-refractivity contribution is -0.123. The molecule has 0 radical (unpaired) electrons. The summed E-state index contributed by atoms with van der Waals surface area (Å²) in [5.74, 6) is -0.145. The Morgan fingerprint density at radius 3 is 2.70 bits per heavy atom. The van der Waals surface area contributed by atoms with Crippen molar-refractivity contribution in [3.8, 4) is 17.0 Å². The number of nitrogens with one attached hydrogen (secondary N) is 1. The number of halogens is 2. The third-order valence-corrected chi connectivity index (χ3v) is 6.14. The average Bonchev–Trinajstić information content (AvgIpc) is 3.47. The summed E-state index contributed by atoms with van der Waals surface area (Å²) in [6.45, 7) is 0.335. The number of benzene rings is 2. The van der Waals surface area contributed by atoms with Gasteiger partial charge in [-0.1, -0.05) is 29.8 Å². The molecule has 1 atom stereocenters. The Labute approximate surface area is 179 Å². The maximum Gasteiger partial charge on any atom is 0.230 e. The summed E-state index contributed by atoms with van der Waals surface area (Å²) < 4.78 is 20.4. The molecule has 2 heterocycles. The smallest absolute Gasteiger partial charge is 0.230 e. The van der Waals surface area contributed by atoms with Gasteiger partial charge in [-0.3, -0.25) is 9.78 Å². The van der Waals surface area contributed by atoms with Gasteiger partial charge in [-0.15, -0.1) is 0 Å². The van der Waals surface area contributed by atoms with Gasteiger partial charge in [-0.25, -0.2) is 4.39 Å². The molecule has 1 amide bonds. The van der Waals surface area contributed by atoms with E-state index in [1.54, 1.807) is 6.20 Å². The third-order valence-electron chi connectivity index (χ3n) is 5.89. The van der Waals surface area contributed by atoms with Gasteiger partial charge in [0, 0.05) is 28.8 Å². The number of fused-ring (bicyclic) bond motifs is 1. The van der Waals surface area contributed by atoms with Gasteiger partial charge < -0.3 is 10.1 Å². The van der Waals surface area contributed by atoms with E-state index in [0.717, 1.165) is 35.2 Å². The first kappa shape index (κ1) is 19.1. The highest BCUT2D eigenvalue weighted by atomic mass is 35.5. The zero-order chi connectivity index (χ0) is 20.7. The van der Waals surface area contributed by atoms with E-state index in [4.69, 9.17) is 16.3 Å². The number of amides is 1. The Morgan fingerprint density at radius 1 is 1.20 bits per heavy atom. The first-order chi connectivity index (χ1) is 14.5. The highest BCUT2D eigenvalue weighted by Crippen LogP contribution is 2.48. The van der Waals surface area contributed by atoms with E-state index in [9.17, 15) is 9.18 Å². The summed E-state index contributed by atoms with van der Waals surface area (Å²) >= 11 is 5.96. The minimum atomic E-state index is -0.479. The minimum absolute atomic E-state index is 0.0148. The molecule has 2 aromatic carbocycles. The molecule has 152 valence electrons. The van der Waals surface area contributed by atoms with Crippen molar-refractivity contribution >= 4 is 17.5 Å². The van der Waals surface area contributed by atoms with Crippen molar-refractivity contribution in [2.45, 2.75) is 30.8 Å². The number of ether oxygens (including phenoxy) is 1. The van der Waals surface area contributed by atoms with E-state index in [1.165, 1.54) is 6.07 Å². The first-order valence-corrected chi connectivity index (χ1v) is 10.4. The summed E-state index contributed by atoms with van der Waals surface area (Å²) in [4.78, 5) is 17.2. The van der Waals surface area contributed by atoms with E-state index in [-0.39, 0.29) is 17.8 Å². The first-order valence-electron chi connectivity index (χ1n) is 10.00. The normalized spacial score (nSPS) is 18.4. The zero-order valence-electron chi connectivity index (χ0n) is 16.2. The van der Waals surface area contributed by atoms with Gasteiger partial charge in [0.15, 0.2) is 11.6 Å². The second kappa shape index (κ2) is 7.40. The predicted octanol–water partition coefficient (Wildman–Crippen LogP) is 4.69. The van der Waals surface area contributed by atoms with Crippen LogP contribution in [0.4, 0.5) is 4.39 Å². The number of hydrogen-bond acceptors (Lipinski definition) is 3. The van der Waals surface area contributed by atoms with Crippen molar-refractivity contribution in [1.29, 1.82) is 0 Å². The highest BCUT2D eigenvalue weighted by molar-refractivity contribution is 6.30. The van der Waals surface area contributed by atoms with E-state index in [0.29, 0.717) is 18.0 Å². The van der Waals surface area contributed by atoms with Crippen LogP contribution in [0, 0.1) is 5.82 Å². The molecule has 1 aliphatic carbocycles. The fraction of sp³-hybridized carbons (Fsp3) is 0.250. The third kappa shape index (κ3) is 3.43. The van der Waals surface area contributed by atoms with Crippen molar-refractivity contribution < 1.29 is 13.9 Å². The van der Waals surface area contributed by atoms with Crippen LogP contribution in [0.1, 0.15) is 24.0 Å². The van der Waals surface area contributed by atoms with E-state index in [1.807, 2.05) is 48.5 Å². The van der Waals surface area contributed by atoms with Crippen molar-refractivity contribution in [2.24, 2.45) is 0 Å². The van der Waals surface area contributed by atoms with Gasteiger partial charge in [0.1, 0.15) is 6.10 Å². The Balaban J connectivity index is 1.26. The molecule has 0 spiro atoms. The summed E-state index contributed by atoms with van der Waals surface area (Å²) in [7, 11) is 0. The molecular formula is C24H20ClFN2O2. The number of hydrogen-bond donors (Lipinski definition) is 1. The number of nitrogens with zero attached hydrogens (tertiary/aromatic N) is 1. The van der Waals surface area contributed by atoms with E-state index >= 15 is 0 Å². The lowest BCUT2D eigenvalue weighted by Crippen LogP contribution is -2.40. The summed E-state index contributed by atoms with van der Waals surface area (Å²) in [5.41, 5.74) is 2.74. The quantitative estimate of drug-likeness (QED) is 0.648. The topological polar surface area (TPSA) is 51.2 Å². The monoisotopic (exact) mass is 422 g/mol. The van der Waals surface area contributed by atoms with Crippen LogP contribution in [0.15, 0.2) is 60.8 Å². The summed E-state index contributed by atoms with van der Waals surface area (Å²) in [6.07, 6.45) is 3.56. The zero-order valence-corrected chi connectivity index (χ0v) is 17.0. The van der Waals surface area contributed by atoms with Gasteiger partial charge in [0.2, 0.25) is 5.91 Å². The second-order valence-electron chi connectivity index (χ2n) is 7.90. The molecule has 3 aromatic rings. The number of carbonyl (C=O) groups is 1. The fourth-order valence-electron chi connectivity index (χ4n) is 4.10. The lowest BCUT2D eigenvalue weighted by Gasteiger charge is -2.18. The SMILES string of the molecule is O=C(NC[C@H]1Cc2cc(-c3ccccn3)cc(F)c2O1)C1(c2ccc(Cl)cc2)CC1. The molecule has 1 aromatic heterocycles. The molecule has 5 rings (SSSR count). The van der Waals surface area contributed by atoms with Crippen LogP contribution in [-0.2, 0) is 16.6 Å². The average molecular weight is 423 g/mol. The Bertz CT molecular complexity index is 1100. The Morgan fingerprint density at radius 2 is 2.00 bits per heavy atom. The summed E-state index contributed by atoms with van der Waals surface area (Å²) in [5, 5.41) is 3.66. The van der Waals surface area contributed by atoms with Gasteiger partial charge in [-0.05, 0) is 54.8 Å². The Hall–Kier alpha value is -2.92. The molecule has 6 heteroatoms. The maximum absolute atomic E-state index is 14.6. The largest absolute Gasteiger partial charge is 0.485 e. The van der Waals surface area contributed by atoms with Gasteiger partial charge in [0.25, 0.3) is 0 Å². The van der Waals surface area contributed by atoms with Crippen molar-refractivity contribution in [2.75, 3.05) is 6.54 Å². The second-order valence-corrected chi connectivity index (χ2v) is 8.34. The molecular weight excluding hydrogens is 403 g/mol. The van der Waals surface area contributed by atoms with E-state index < -0.39 is 11.2 Å². The molecule has 0 bridgehead atoms. The number of carbonyl (C=O) groups excluding carboxylic acids is 1. The molecule has 2 aliphatic rings. The van der Waals surface area contributed by atoms with Crippen molar-refractivity contribution in [1.82, 2.24) is 10.3 Å². The number of aromatic nitrogens is 1. The fourth-order valence-corrected chi connectivity index (χ4v) is 4.23. The molecule has 1 N–H and O–H groups in total. The van der Waals surface area contributed by atoms with Crippen LogP contribution in [-0.4, -0.2) is 23.5 Å². The van der Waals surface area contributed by atoms with Gasteiger partial charge in [0.05, 0.1) is 17.7 Å². The maximum atomic E-state index is 14.6. The molecule has 0 unspecified atom stereocenters. The van der Waals surface area contributed by atoms with Crippen LogP contribution >= 0.6 is 11.6 Å². The predicted molar refractivity (Wildman–Crippen MR) is 113 cm³/mol. The molecule has 1 fully saturated rings. The minimum Gasteiger partial charge on any atom is -0.485 e. The summed E-state index contributed by atoms with van der Waals surface area (Å²) in [6, 6.07) is 16.3. The van der Waals surface area contributed by atoms with Crippen LogP contribution in [0.3, 0.4) is 0 Å². The van der Waals surface area contributed by atoms with Crippen LogP contribution in [0.5, 0.6) is 5.75 Å². The highest BCUT2D eigenvalue weighted by Gasteiger charge is 2.51. The van der Waals surface area contributed by atoms with E-state index in [2.05, 4.69) is 10.3 Å². The number of rotatable bonds is 5. The van der Waals surface area contributed by atoms with Gasteiger partial charge in [-0.2, -0.15) is 0 Å². The Kier molecular flexibility index (Phi) is 4.70. The van der Waals surface area contributed by atoms with Crippen LogP contribution < -0.4 is 10.1 Å². The van der Waals surface area contributed by atoms with Crippen LogP contribution in [0.2, 0.25) is 5.02 Å². The molecule has 0 saturated heterocycles. The van der Waals surface area contributed by atoms with Crippen LogP contribution in [0.25, 0.3) is 11.3 Å². The standard InChI is InChI=1S/C24H20ClFN2O2/c25-18-6-4-17(5-7-18)24(8-9-24)23(29)28-14-19-12-16-11-15(13-20(26)22(16)30-19)21-3-1-2-10-27-21/h1-7,10-11,13,19H,8-9,12,14H2,(H,28,29)/t19-/m1/s1. The lowest BCUT2D eigenvalue weighted by atomic mass is 9.95. The van der Waals surface area contributed by atoms with Gasteiger partial charge >= 0.3 is 0 Å². The van der Waals surface area contributed by atoms with Crippen molar-refractivity contribution in [3.05, 3.63) is 82.8 Å².